The summed E-state index contributed by atoms with van der Waals surface area (Å²) in [5.41, 5.74) is 1.60. The van der Waals surface area contributed by atoms with E-state index in [1.54, 1.807) is 24.3 Å². The van der Waals surface area contributed by atoms with E-state index in [-0.39, 0.29) is 11.8 Å². The quantitative estimate of drug-likeness (QED) is 0.854. The first-order valence-corrected chi connectivity index (χ1v) is 6.06. The number of hydrogen-bond donors (Lipinski definition) is 1. The Morgan fingerprint density at radius 1 is 1.16 bits per heavy atom. The van der Waals surface area contributed by atoms with Crippen LogP contribution in [0.5, 0.6) is 0 Å². The van der Waals surface area contributed by atoms with Crippen molar-refractivity contribution >= 4 is 17.9 Å². The van der Waals surface area contributed by atoms with Gasteiger partial charge in [-0.05, 0) is 36.4 Å². The first kappa shape index (κ1) is 13.1. The summed E-state index contributed by atoms with van der Waals surface area (Å²) in [5.74, 6) is 0.852. The lowest BCUT2D eigenvalue weighted by Crippen LogP contribution is -2.17. The normalized spacial score (nSPS) is 10.5. The van der Waals surface area contributed by atoms with Gasteiger partial charge in [0.25, 0.3) is 0 Å². The summed E-state index contributed by atoms with van der Waals surface area (Å²) in [5, 5.41) is 2.81. The van der Waals surface area contributed by atoms with Crippen LogP contribution in [0.1, 0.15) is 24.4 Å². The molecule has 19 heavy (non-hydrogen) atoms. The number of nitrogens with one attached hydrogen (secondary N) is 1. The van der Waals surface area contributed by atoms with E-state index in [2.05, 4.69) is 5.32 Å². The van der Waals surface area contributed by atoms with Crippen LogP contribution in [-0.2, 0) is 4.79 Å². The molecule has 0 fully saturated rings. The number of anilines is 1. The third-order valence-corrected chi connectivity index (χ3v) is 2.70. The molecule has 0 bridgehead atoms. The molecule has 0 aliphatic carbocycles. The fraction of sp³-hybridized carbons (Fsp3) is 0.200. The molecule has 0 unspecified atom stereocenters. The van der Waals surface area contributed by atoms with Crippen LogP contribution in [0, 0.1) is 5.92 Å². The summed E-state index contributed by atoms with van der Waals surface area (Å²) in [7, 11) is 0. The van der Waals surface area contributed by atoms with E-state index >= 15 is 0 Å². The van der Waals surface area contributed by atoms with Gasteiger partial charge in [-0.25, -0.2) is 0 Å². The maximum Gasteiger partial charge on any atom is 0.226 e. The second-order valence-electron chi connectivity index (χ2n) is 4.54. The van der Waals surface area contributed by atoms with Crippen LogP contribution >= 0.6 is 0 Å². The number of amides is 1. The van der Waals surface area contributed by atoms with E-state index in [4.69, 9.17) is 4.42 Å². The Bertz CT molecular complexity index is 582. The Morgan fingerprint density at radius 3 is 2.37 bits per heavy atom. The van der Waals surface area contributed by atoms with Crippen molar-refractivity contribution in [3.63, 3.8) is 0 Å². The van der Waals surface area contributed by atoms with Crippen molar-refractivity contribution in [2.24, 2.45) is 5.92 Å². The Hall–Kier alpha value is -2.36. The molecular weight excluding hydrogens is 242 g/mol. The topological polar surface area (TPSA) is 59.3 Å². The van der Waals surface area contributed by atoms with Crippen molar-refractivity contribution < 1.29 is 14.0 Å². The number of furan rings is 1. The minimum Gasteiger partial charge on any atom is -0.453 e. The number of benzene rings is 1. The maximum atomic E-state index is 11.5. The van der Waals surface area contributed by atoms with Crippen molar-refractivity contribution in [3.8, 4) is 11.3 Å². The summed E-state index contributed by atoms with van der Waals surface area (Å²) >= 11 is 0. The summed E-state index contributed by atoms with van der Waals surface area (Å²) in [6.45, 7) is 3.68. The zero-order valence-electron chi connectivity index (χ0n) is 10.8. The van der Waals surface area contributed by atoms with Gasteiger partial charge in [0.15, 0.2) is 12.0 Å². The molecule has 0 radical (unpaired) electrons. The molecule has 1 aromatic carbocycles. The fourth-order valence-corrected chi connectivity index (χ4v) is 1.58. The van der Waals surface area contributed by atoms with Crippen LogP contribution in [0.3, 0.4) is 0 Å². The molecule has 0 aliphatic heterocycles. The monoisotopic (exact) mass is 257 g/mol. The number of aldehydes is 1. The number of carbonyl (C=O) groups excluding carboxylic acids is 2. The van der Waals surface area contributed by atoms with Crippen LogP contribution in [0.25, 0.3) is 11.3 Å². The Labute approximate surface area is 111 Å². The lowest BCUT2D eigenvalue weighted by molar-refractivity contribution is -0.118. The highest BCUT2D eigenvalue weighted by Crippen LogP contribution is 2.23. The summed E-state index contributed by atoms with van der Waals surface area (Å²) in [4.78, 5) is 22.1. The molecule has 1 N–H and O–H groups in total. The lowest BCUT2D eigenvalue weighted by Gasteiger charge is -2.07. The largest absolute Gasteiger partial charge is 0.453 e. The SMILES string of the molecule is CC(C)C(=O)Nc1ccc(-c2ccc(C=O)o2)cc1. The van der Waals surface area contributed by atoms with Crippen LogP contribution in [0.4, 0.5) is 5.69 Å². The van der Waals surface area contributed by atoms with Gasteiger partial charge in [-0.2, -0.15) is 0 Å². The second-order valence-corrected chi connectivity index (χ2v) is 4.54. The van der Waals surface area contributed by atoms with E-state index in [9.17, 15) is 9.59 Å². The first-order valence-electron chi connectivity index (χ1n) is 6.06. The van der Waals surface area contributed by atoms with Crippen LogP contribution in [0.2, 0.25) is 0 Å². The molecule has 0 saturated carbocycles. The molecule has 0 atom stereocenters. The van der Waals surface area contributed by atoms with E-state index in [1.807, 2.05) is 26.0 Å². The molecule has 0 saturated heterocycles. The van der Waals surface area contributed by atoms with E-state index in [1.165, 1.54) is 0 Å². The highest BCUT2D eigenvalue weighted by atomic mass is 16.3. The van der Waals surface area contributed by atoms with Crippen molar-refractivity contribution in [2.45, 2.75) is 13.8 Å². The summed E-state index contributed by atoms with van der Waals surface area (Å²) in [6.07, 6.45) is 0.667. The lowest BCUT2D eigenvalue weighted by atomic mass is 10.1. The molecule has 0 aliphatic rings. The smallest absolute Gasteiger partial charge is 0.226 e. The van der Waals surface area contributed by atoms with Crippen molar-refractivity contribution in [3.05, 3.63) is 42.2 Å². The average Bonchev–Trinajstić information content (AvgIpc) is 2.88. The van der Waals surface area contributed by atoms with Gasteiger partial charge in [0.1, 0.15) is 5.76 Å². The molecule has 4 nitrogen and oxygen atoms in total. The minimum absolute atomic E-state index is 0.0195. The first-order chi connectivity index (χ1) is 9.10. The molecule has 1 aromatic heterocycles. The van der Waals surface area contributed by atoms with Gasteiger partial charge < -0.3 is 9.73 Å². The van der Waals surface area contributed by atoms with Gasteiger partial charge in [-0.1, -0.05) is 13.8 Å². The van der Waals surface area contributed by atoms with Crippen molar-refractivity contribution in [2.75, 3.05) is 5.32 Å². The second kappa shape index (κ2) is 5.52. The Balaban J connectivity index is 2.14. The van der Waals surface area contributed by atoms with E-state index in [0.717, 1.165) is 11.3 Å². The van der Waals surface area contributed by atoms with Gasteiger partial charge in [0, 0.05) is 17.2 Å². The summed E-state index contributed by atoms with van der Waals surface area (Å²) in [6, 6.07) is 10.6. The number of rotatable bonds is 4. The molecule has 2 aromatic rings. The zero-order valence-corrected chi connectivity index (χ0v) is 10.8. The molecule has 1 amide bonds. The molecule has 4 heteroatoms. The highest BCUT2D eigenvalue weighted by Gasteiger charge is 2.08. The summed E-state index contributed by atoms with van der Waals surface area (Å²) < 4.78 is 5.32. The molecule has 1 heterocycles. The zero-order chi connectivity index (χ0) is 13.8. The van der Waals surface area contributed by atoms with Gasteiger partial charge in [0.2, 0.25) is 5.91 Å². The highest BCUT2D eigenvalue weighted by molar-refractivity contribution is 5.92. The molecule has 98 valence electrons. The minimum atomic E-state index is -0.0556. The number of hydrogen-bond acceptors (Lipinski definition) is 3. The predicted octanol–water partition coefficient (Wildman–Crippen LogP) is 3.35. The van der Waals surface area contributed by atoms with E-state index < -0.39 is 0 Å². The third-order valence-electron chi connectivity index (χ3n) is 2.70. The fourth-order valence-electron chi connectivity index (χ4n) is 1.58. The van der Waals surface area contributed by atoms with E-state index in [0.29, 0.717) is 17.8 Å². The van der Waals surface area contributed by atoms with Gasteiger partial charge in [-0.3, -0.25) is 9.59 Å². The standard InChI is InChI=1S/C15H15NO3/c1-10(2)15(18)16-12-5-3-11(4-6-12)14-8-7-13(9-17)19-14/h3-10H,1-2H3,(H,16,18). The van der Waals surface area contributed by atoms with Crippen molar-refractivity contribution in [1.82, 2.24) is 0 Å². The van der Waals surface area contributed by atoms with Crippen LogP contribution in [-0.4, -0.2) is 12.2 Å². The number of carbonyl (C=O) groups is 2. The maximum absolute atomic E-state index is 11.5. The van der Waals surface area contributed by atoms with Crippen LogP contribution in [0.15, 0.2) is 40.8 Å². The molecule has 2 rings (SSSR count). The van der Waals surface area contributed by atoms with Crippen molar-refractivity contribution in [1.29, 1.82) is 0 Å². The molecular formula is C15H15NO3. The van der Waals surface area contributed by atoms with Gasteiger partial charge in [0.05, 0.1) is 0 Å². The Kier molecular flexibility index (Phi) is 3.80. The predicted molar refractivity (Wildman–Crippen MR) is 73.0 cm³/mol. The third kappa shape index (κ3) is 3.10. The average molecular weight is 257 g/mol. The van der Waals surface area contributed by atoms with Gasteiger partial charge in [-0.15, -0.1) is 0 Å². The van der Waals surface area contributed by atoms with Gasteiger partial charge >= 0.3 is 0 Å². The van der Waals surface area contributed by atoms with Crippen LogP contribution < -0.4 is 5.32 Å². The molecule has 0 spiro atoms. The Morgan fingerprint density at radius 2 is 1.84 bits per heavy atom.